The van der Waals surface area contributed by atoms with Crippen LogP contribution in [0.5, 0.6) is 0 Å². The third kappa shape index (κ3) is 2.82. The van der Waals surface area contributed by atoms with E-state index in [1.165, 1.54) is 6.20 Å². The summed E-state index contributed by atoms with van der Waals surface area (Å²) in [5.41, 5.74) is 1.98. The van der Waals surface area contributed by atoms with Gasteiger partial charge in [0.05, 0.1) is 22.8 Å². The zero-order valence-electron chi connectivity index (χ0n) is 9.20. The second kappa shape index (κ2) is 4.97. The maximum atomic E-state index is 11.8. The highest BCUT2D eigenvalue weighted by atomic mass is 35.5. The van der Waals surface area contributed by atoms with Gasteiger partial charge in [-0.15, -0.1) is 0 Å². The van der Waals surface area contributed by atoms with Crippen molar-refractivity contribution >= 4 is 17.5 Å². The molecule has 0 aromatic carbocycles. The summed E-state index contributed by atoms with van der Waals surface area (Å²) in [5, 5.41) is 9.67. The fourth-order valence-electron chi connectivity index (χ4n) is 1.35. The van der Waals surface area contributed by atoms with Crippen molar-refractivity contribution in [2.45, 2.75) is 13.5 Å². The Morgan fingerprint density at radius 1 is 1.59 bits per heavy atom. The van der Waals surface area contributed by atoms with Gasteiger partial charge in [0, 0.05) is 18.1 Å². The van der Waals surface area contributed by atoms with Gasteiger partial charge in [0.2, 0.25) is 0 Å². The molecule has 0 saturated heterocycles. The first kappa shape index (κ1) is 11.6. The third-order valence-electron chi connectivity index (χ3n) is 2.23. The first-order valence-corrected chi connectivity index (χ1v) is 5.43. The number of pyridine rings is 1. The predicted molar refractivity (Wildman–Crippen MR) is 63.7 cm³/mol. The molecule has 2 N–H and O–H groups in total. The van der Waals surface area contributed by atoms with Gasteiger partial charge in [0.1, 0.15) is 0 Å². The van der Waals surface area contributed by atoms with Crippen LogP contribution in [-0.4, -0.2) is 21.1 Å². The van der Waals surface area contributed by atoms with E-state index < -0.39 is 0 Å². The summed E-state index contributed by atoms with van der Waals surface area (Å²) in [4.78, 5) is 15.8. The van der Waals surface area contributed by atoms with Crippen LogP contribution in [-0.2, 0) is 6.54 Å². The molecule has 2 aromatic rings. The summed E-state index contributed by atoms with van der Waals surface area (Å²) >= 11 is 5.96. The molecule has 88 valence electrons. The minimum absolute atomic E-state index is 0.253. The topological polar surface area (TPSA) is 70.7 Å². The number of nitrogens with one attached hydrogen (secondary N) is 2. The Morgan fingerprint density at radius 2 is 2.41 bits per heavy atom. The predicted octanol–water partition coefficient (Wildman–Crippen LogP) is 1.70. The maximum absolute atomic E-state index is 11.8. The van der Waals surface area contributed by atoms with Crippen molar-refractivity contribution in [3.8, 4) is 0 Å². The molecule has 0 aliphatic heterocycles. The fourth-order valence-corrected chi connectivity index (χ4v) is 1.64. The van der Waals surface area contributed by atoms with Crippen molar-refractivity contribution < 1.29 is 4.79 Å². The molecule has 0 aliphatic rings. The SMILES string of the molecule is Cc1cc(Cl)c(C(=O)NCc2ccn[nH]2)cn1. The van der Waals surface area contributed by atoms with E-state index >= 15 is 0 Å². The van der Waals surface area contributed by atoms with Gasteiger partial charge in [-0.3, -0.25) is 14.9 Å². The first-order valence-electron chi connectivity index (χ1n) is 5.05. The number of aryl methyl sites for hydroxylation is 1. The van der Waals surface area contributed by atoms with Crippen LogP contribution in [0.2, 0.25) is 5.02 Å². The van der Waals surface area contributed by atoms with Gasteiger partial charge in [-0.25, -0.2) is 0 Å². The van der Waals surface area contributed by atoms with Crippen LogP contribution in [0.4, 0.5) is 0 Å². The monoisotopic (exact) mass is 250 g/mol. The van der Waals surface area contributed by atoms with Crippen molar-refractivity contribution in [3.05, 3.63) is 46.5 Å². The van der Waals surface area contributed by atoms with Crippen LogP contribution < -0.4 is 5.32 Å². The maximum Gasteiger partial charge on any atom is 0.254 e. The van der Waals surface area contributed by atoms with E-state index in [1.54, 1.807) is 18.3 Å². The quantitative estimate of drug-likeness (QED) is 0.871. The number of hydrogen-bond acceptors (Lipinski definition) is 3. The lowest BCUT2D eigenvalue weighted by Crippen LogP contribution is -2.23. The Morgan fingerprint density at radius 3 is 3.06 bits per heavy atom. The largest absolute Gasteiger partial charge is 0.346 e. The zero-order valence-corrected chi connectivity index (χ0v) is 9.95. The van der Waals surface area contributed by atoms with Gasteiger partial charge >= 0.3 is 0 Å². The molecule has 0 fully saturated rings. The smallest absolute Gasteiger partial charge is 0.254 e. The molecule has 0 radical (unpaired) electrons. The van der Waals surface area contributed by atoms with Gasteiger partial charge in [-0.2, -0.15) is 5.10 Å². The first-order chi connectivity index (χ1) is 8.16. The van der Waals surface area contributed by atoms with E-state index in [0.717, 1.165) is 11.4 Å². The lowest BCUT2D eigenvalue weighted by molar-refractivity contribution is 0.0950. The summed E-state index contributed by atoms with van der Waals surface area (Å²) in [6.07, 6.45) is 3.10. The lowest BCUT2D eigenvalue weighted by Gasteiger charge is -2.05. The number of hydrogen-bond donors (Lipinski definition) is 2. The number of halogens is 1. The Balaban J connectivity index is 2.04. The van der Waals surface area contributed by atoms with Gasteiger partial charge in [0.25, 0.3) is 5.91 Å². The number of amides is 1. The number of carbonyl (C=O) groups excluding carboxylic acids is 1. The van der Waals surface area contributed by atoms with Crippen molar-refractivity contribution in [3.63, 3.8) is 0 Å². The van der Waals surface area contributed by atoms with Gasteiger partial charge in [0.15, 0.2) is 0 Å². The Labute approximate surface area is 103 Å². The molecule has 5 nitrogen and oxygen atoms in total. The molecule has 17 heavy (non-hydrogen) atoms. The summed E-state index contributed by atoms with van der Waals surface area (Å²) in [6.45, 7) is 2.20. The Kier molecular flexibility index (Phi) is 3.39. The van der Waals surface area contributed by atoms with Crippen LogP contribution in [0.1, 0.15) is 21.7 Å². The molecular weight excluding hydrogens is 240 g/mol. The van der Waals surface area contributed by atoms with Crippen LogP contribution in [0.15, 0.2) is 24.5 Å². The Bertz CT molecular complexity index is 524. The molecule has 0 atom stereocenters. The molecule has 1 amide bonds. The molecule has 0 aliphatic carbocycles. The third-order valence-corrected chi connectivity index (χ3v) is 2.55. The summed E-state index contributed by atoms with van der Waals surface area (Å²) in [6, 6.07) is 3.45. The Hall–Kier alpha value is -1.88. The van der Waals surface area contributed by atoms with Crippen molar-refractivity contribution in [2.75, 3.05) is 0 Å². The van der Waals surface area contributed by atoms with Gasteiger partial charge < -0.3 is 5.32 Å². The average Bonchev–Trinajstić information content (AvgIpc) is 2.78. The van der Waals surface area contributed by atoms with E-state index in [-0.39, 0.29) is 5.91 Å². The summed E-state index contributed by atoms with van der Waals surface area (Å²) < 4.78 is 0. The molecule has 6 heteroatoms. The molecule has 0 bridgehead atoms. The minimum Gasteiger partial charge on any atom is -0.346 e. The highest BCUT2D eigenvalue weighted by Crippen LogP contribution is 2.15. The highest BCUT2D eigenvalue weighted by molar-refractivity contribution is 6.33. The molecule has 0 spiro atoms. The van der Waals surface area contributed by atoms with E-state index in [2.05, 4.69) is 20.5 Å². The van der Waals surface area contributed by atoms with E-state index in [1.807, 2.05) is 6.92 Å². The van der Waals surface area contributed by atoms with Crippen LogP contribution in [0.3, 0.4) is 0 Å². The molecule has 2 rings (SSSR count). The van der Waals surface area contributed by atoms with Crippen LogP contribution >= 0.6 is 11.6 Å². The lowest BCUT2D eigenvalue weighted by atomic mass is 10.2. The van der Waals surface area contributed by atoms with E-state index in [4.69, 9.17) is 11.6 Å². The number of rotatable bonds is 3. The minimum atomic E-state index is -0.253. The average molecular weight is 251 g/mol. The van der Waals surface area contributed by atoms with Crippen LogP contribution in [0.25, 0.3) is 0 Å². The fraction of sp³-hybridized carbons (Fsp3) is 0.182. The van der Waals surface area contributed by atoms with Crippen molar-refractivity contribution in [1.82, 2.24) is 20.5 Å². The standard InChI is InChI=1S/C11H11ClN4O/c1-7-4-10(12)9(6-13-7)11(17)14-5-8-2-3-15-16-8/h2-4,6H,5H2,1H3,(H,14,17)(H,15,16). The number of aromatic amines is 1. The molecule has 2 aromatic heterocycles. The number of nitrogens with zero attached hydrogens (tertiary/aromatic N) is 2. The molecule has 2 heterocycles. The van der Waals surface area contributed by atoms with E-state index in [9.17, 15) is 4.79 Å². The second-order valence-corrected chi connectivity index (χ2v) is 3.98. The highest BCUT2D eigenvalue weighted by Gasteiger charge is 2.10. The normalized spacial score (nSPS) is 10.2. The summed E-state index contributed by atoms with van der Waals surface area (Å²) in [7, 11) is 0. The molecular formula is C11H11ClN4O. The van der Waals surface area contributed by atoms with Crippen molar-refractivity contribution in [1.29, 1.82) is 0 Å². The zero-order chi connectivity index (χ0) is 12.3. The van der Waals surface area contributed by atoms with E-state index in [0.29, 0.717) is 17.1 Å². The van der Waals surface area contributed by atoms with Crippen molar-refractivity contribution in [2.24, 2.45) is 0 Å². The molecule has 0 saturated carbocycles. The van der Waals surface area contributed by atoms with Crippen LogP contribution in [0, 0.1) is 6.92 Å². The number of H-pyrrole nitrogens is 1. The second-order valence-electron chi connectivity index (χ2n) is 3.57. The molecule has 0 unspecified atom stereocenters. The summed E-state index contributed by atoms with van der Waals surface area (Å²) in [5.74, 6) is -0.253. The number of carbonyl (C=O) groups is 1. The number of aromatic nitrogens is 3. The van der Waals surface area contributed by atoms with Gasteiger partial charge in [-0.05, 0) is 19.1 Å². The van der Waals surface area contributed by atoms with Gasteiger partial charge in [-0.1, -0.05) is 11.6 Å².